The molecule has 1 fully saturated rings. The molecule has 2 N–H and O–H groups in total. The second-order valence-electron chi connectivity index (χ2n) is 7.84. The minimum Gasteiger partial charge on any atom is -0.497 e. The number of hydrogen-bond donors (Lipinski definition) is 2. The van der Waals surface area contributed by atoms with Crippen molar-refractivity contribution in [1.82, 2.24) is 0 Å². The lowest BCUT2D eigenvalue weighted by Gasteiger charge is -2.24. The number of carbonyl (C=O) groups is 1. The number of nitrogens with one attached hydrogen (secondary N) is 1. The van der Waals surface area contributed by atoms with Crippen LogP contribution in [0.15, 0.2) is 18.2 Å². The molecule has 0 aliphatic heterocycles. The first-order valence-electron chi connectivity index (χ1n) is 7.84. The van der Waals surface area contributed by atoms with Crippen LogP contribution >= 0.6 is 0 Å². The van der Waals surface area contributed by atoms with Gasteiger partial charge in [-0.25, -0.2) is 4.79 Å². The third-order valence-electron chi connectivity index (χ3n) is 4.56. The van der Waals surface area contributed by atoms with Gasteiger partial charge in [-0.3, -0.25) is 5.32 Å². The lowest BCUT2D eigenvalue weighted by Crippen LogP contribution is -2.29. The second kappa shape index (κ2) is 5.71. The Labute approximate surface area is 138 Å². The Morgan fingerprint density at radius 1 is 1.35 bits per heavy atom. The van der Waals surface area contributed by atoms with Gasteiger partial charge < -0.3 is 14.6 Å². The van der Waals surface area contributed by atoms with E-state index in [9.17, 15) is 9.90 Å². The van der Waals surface area contributed by atoms with Gasteiger partial charge in [0.25, 0.3) is 0 Å². The van der Waals surface area contributed by atoms with E-state index in [0.29, 0.717) is 11.4 Å². The molecule has 1 saturated carbocycles. The van der Waals surface area contributed by atoms with E-state index in [0.717, 1.165) is 12.0 Å². The molecule has 1 atom stereocenters. The van der Waals surface area contributed by atoms with Crippen molar-refractivity contribution in [2.45, 2.75) is 52.1 Å². The smallest absolute Gasteiger partial charge is 0.412 e. The molecular formula is C18H27NO4. The van der Waals surface area contributed by atoms with E-state index in [1.165, 1.54) is 0 Å². The van der Waals surface area contributed by atoms with Crippen LogP contribution in [-0.2, 0) is 10.2 Å². The van der Waals surface area contributed by atoms with E-state index in [2.05, 4.69) is 19.2 Å². The van der Waals surface area contributed by atoms with Crippen molar-refractivity contribution in [3.63, 3.8) is 0 Å². The number of benzene rings is 1. The lowest BCUT2D eigenvalue weighted by atomic mass is 9.87. The summed E-state index contributed by atoms with van der Waals surface area (Å²) in [6, 6.07) is 5.53. The first-order valence-corrected chi connectivity index (χ1v) is 7.84. The number of amides is 1. The fraction of sp³-hybridized carbons (Fsp3) is 0.611. The Bertz CT molecular complexity index is 604. The number of rotatable bonds is 4. The van der Waals surface area contributed by atoms with Gasteiger partial charge in [0.1, 0.15) is 11.4 Å². The maximum Gasteiger partial charge on any atom is 0.412 e. The Morgan fingerprint density at radius 2 is 1.96 bits per heavy atom. The van der Waals surface area contributed by atoms with Crippen LogP contribution in [0, 0.1) is 5.41 Å². The van der Waals surface area contributed by atoms with E-state index in [4.69, 9.17) is 9.47 Å². The molecule has 0 saturated heterocycles. The minimum absolute atomic E-state index is 0.0132. The molecule has 5 nitrogen and oxygen atoms in total. The molecule has 0 aromatic heterocycles. The summed E-state index contributed by atoms with van der Waals surface area (Å²) in [6.07, 6.45) is 0.352. The topological polar surface area (TPSA) is 67.8 Å². The molecule has 2 rings (SSSR count). The zero-order valence-electron chi connectivity index (χ0n) is 14.8. The van der Waals surface area contributed by atoms with Gasteiger partial charge in [-0.2, -0.15) is 0 Å². The highest BCUT2D eigenvalue weighted by molar-refractivity contribution is 5.87. The Hall–Kier alpha value is -1.75. The normalized spacial score (nSPS) is 22.4. The summed E-state index contributed by atoms with van der Waals surface area (Å²) in [5.74, 6) is 0.645. The summed E-state index contributed by atoms with van der Waals surface area (Å²) in [6.45, 7) is 9.72. The Balaban J connectivity index is 2.36. The van der Waals surface area contributed by atoms with Crippen LogP contribution in [0.2, 0.25) is 0 Å². The summed E-state index contributed by atoms with van der Waals surface area (Å²) >= 11 is 0. The van der Waals surface area contributed by atoms with Crippen LogP contribution in [0.1, 0.15) is 46.6 Å². The van der Waals surface area contributed by atoms with Crippen LogP contribution in [0.25, 0.3) is 0 Å². The molecular weight excluding hydrogens is 294 g/mol. The second-order valence-corrected chi connectivity index (χ2v) is 7.84. The zero-order valence-corrected chi connectivity index (χ0v) is 14.8. The molecule has 0 heterocycles. The van der Waals surface area contributed by atoms with Crippen molar-refractivity contribution in [2.75, 3.05) is 19.0 Å². The number of aliphatic hydroxyl groups excluding tert-OH is 1. The van der Waals surface area contributed by atoms with Gasteiger partial charge in [0.05, 0.1) is 19.4 Å². The van der Waals surface area contributed by atoms with Crippen molar-refractivity contribution < 1.29 is 19.4 Å². The average molecular weight is 321 g/mol. The number of aliphatic hydroxyl groups is 1. The summed E-state index contributed by atoms with van der Waals surface area (Å²) in [4.78, 5) is 12.1. The van der Waals surface area contributed by atoms with E-state index in [-0.39, 0.29) is 17.4 Å². The predicted molar refractivity (Wildman–Crippen MR) is 90.0 cm³/mol. The van der Waals surface area contributed by atoms with Gasteiger partial charge >= 0.3 is 6.09 Å². The van der Waals surface area contributed by atoms with E-state index in [1.54, 1.807) is 13.2 Å². The summed E-state index contributed by atoms with van der Waals surface area (Å²) < 4.78 is 10.6. The third-order valence-corrected chi connectivity index (χ3v) is 4.56. The first-order chi connectivity index (χ1) is 10.5. The minimum atomic E-state index is -0.573. The SMILES string of the molecule is COc1ccc(C2(CO)CC2(C)C)c(NC(=O)OC(C)(C)C)c1. The highest BCUT2D eigenvalue weighted by Crippen LogP contribution is 2.65. The number of carbonyl (C=O) groups excluding carboxylic acids is 1. The first kappa shape index (κ1) is 17.6. The molecule has 1 aliphatic carbocycles. The summed E-state index contributed by atoms with van der Waals surface area (Å²) in [5.41, 5.74) is 0.607. The summed E-state index contributed by atoms with van der Waals surface area (Å²) in [5, 5.41) is 12.7. The molecule has 1 aromatic carbocycles. The molecule has 1 aromatic rings. The highest BCUT2D eigenvalue weighted by Gasteiger charge is 2.62. The lowest BCUT2D eigenvalue weighted by molar-refractivity contribution is 0.0635. The molecule has 0 radical (unpaired) electrons. The maximum absolute atomic E-state index is 12.1. The third kappa shape index (κ3) is 3.44. The van der Waals surface area contributed by atoms with Crippen molar-refractivity contribution in [3.8, 4) is 5.75 Å². The van der Waals surface area contributed by atoms with E-state index >= 15 is 0 Å². The Morgan fingerprint density at radius 3 is 2.39 bits per heavy atom. The van der Waals surface area contributed by atoms with Crippen molar-refractivity contribution >= 4 is 11.8 Å². The van der Waals surface area contributed by atoms with Gasteiger partial charge in [-0.15, -0.1) is 0 Å². The van der Waals surface area contributed by atoms with E-state index < -0.39 is 11.7 Å². The average Bonchev–Trinajstić information content (AvgIpc) is 2.99. The van der Waals surface area contributed by atoms with Crippen LogP contribution in [0.3, 0.4) is 0 Å². The fourth-order valence-electron chi connectivity index (χ4n) is 3.11. The molecule has 1 aliphatic rings. The molecule has 1 amide bonds. The quantitative estimate of drug-likeness (QED) is 0.887. The van der Waals surface area contributed by atoms with Gasteiger partial charge in [0.2, 0.25) is 0 Å². The predicted octanol–water partition coefficient (Wildman–Crippen LogP) is 3.70. The number of methoxy groups -OCH3 is 1. The van der Waals surface area contributed by atoms with Crippen molar-refractivity contribution in [2.24, 2.45) is 5.41 Å². The fourth-order valence-corrected chi connectivity index (χ4v) is 3.11. The van der Waals surface area contributed by atoms with Gasteiger partial charge in [-0.1, -0.05) is 19.9 Å². The van der Waals surface area contributed by atoms with Crippen LogP contribution < -0.4 is 10.1 Å². The van der Waals surface area contributed by atoms with Gasteiger partial charge in [0.15, 0.2) is 0 Å². The monoisotopic (exact) mass is 321 g/mol. The number of anilines is 1. The largest absolute Gasteiger partial charge is 0.497 e. The van der Waals surface area contributed by atoms with Crippen molar-refractivity contribution in [1.29, 1.82) is 0 Å². The molecule has 23 heavy (non-hydrogen) atoms. The highest BCUT2D eigenvalue weighted by atomic mass is 16.6. The molecule has 0 spiro atoms. The molecule has 0 bridgehead atoms. The Kier molecular flexibility index (Phi) is 4.37. The van der Waals surface area contributed by atoms with Gasteiger partial charge in [0, 0.05) is 11.5 Å². The van der Waals surface area contributed by atoms with Crippen LogP contribution in [0.4, 0.5) is 10.5 Å². The standard InChI is InChI=1S/C18H27NO4/c1-16(2,3)23-15(21)19-14-9-12(22-6)7-8-13(14)18(11-20)10-17(18,4)5/h7-9,20H,10-11H2,1-6H3,(H,19,21). The summed E-state index contributed by atoms with van der Waals surface area (Å²) in [7, 11) is 1.58. The molecule has 5 heteroatoms. The van der Waals surface area contributed by atoms with Crippen LogP contribution in [-0.4, -0.2) is 30.5 Å². The number of hydrogen-bond acceptors (Lipinski definition) is 4. The van der Waals surface area contributed by atoms with Gasteiger partial charge in [-0.05, 0) is 44.2 Å². The van der Waals surface area contributed by atoms with E-state index in [1.807, 2.05) is 32.9 Å². The number of ether oxygens (including phenoxy) is 2. The molecule has 128 valence electrons. The van der Waals surface area contributed by atoms with Crippen molar-refractivity contribution in [3.05, 3.63) is 23.8 Å². The molecule has 1 unspecified atom stereocenters. The zero-order chi connectivity index (χ0) is 17.5. The van der Waals surface area contributed by atoms with Crippen LogP contribution in [0.5, 0.6) is 5.75 Å². The maximum atomic E-state index is 12.1.